The highest BCUT2D eigenvalue weighted by atomic mass is 127. The van der Waals surface area contributed by atoms with Crippen LogP contribution in [0.2, 0.25) is 0 Å². The molecular formula is C20H24IN3O2. The van der Waals surface area contributed by atoms with E-state index in [0.29, 0.717) is 25.7 Å². The average molecular weight is 465 g/mol. The third kappa shape index (κ3) is 5.14. The van der Waals surface area contributed by atoms with Gasteiger partial charge in [0.25, 0.3) is 0 Å². The zero-order valence-corrected chi connectivity index (χ0v) is 17.3. The first-order chi connectivity index (χ1) is 12.3. The van der Waals surface area contributed by atoms with Crippen molar-refractivity contribution in [2.75, 3.05) is 13.7 Å². The Hall–Kier alpha value is -2.22. The Bertz CT molecular complexity index is 828. The molecule has 0 bridgehead atoms. The van der Waals surface area contributed by atoms with E-state index >= 15 is 0 Å². The van der Waals surface area contributed by atoms with E-state index in [1.165, 1.54) is 0 Å². The Morgan fingerprint density at radius 1 is 1.04 bits per heavy atom. The lowest BCUT2D eigenvalue weighted by Crippen LogP contribution is -2.36. The van der Waals surface area contributed by atoms with Gasteiger partial charge in [0.05, 0.1) is 13.2 Å². The Labute approximate surface area is 170 Å². The van der Waals surface area contributed by atoms with E-state index in [0.717, 1.165) is 28.0 Å². The molecule has 1 heterocycles. The number of guanidine groups is 1. The molecule has 1 aromatic heterocycles. The highest BCUT2D eigenvalue weighted by molar-refractivity contribution is 14.0. The molecule has 3 rings (SSSR count). The maximum absolute atomic E-state index is 5.81. The largest absolute Gasteiger partial charge is 0.494 e. The Morgan fingerprint density at radius 3 is 2.54 bits per heavy atom. The summed E-state index contributed by atoms with van der Waals surface area (Å²) in [5.74, 6) is 2.48. The summed E-state index contributed by atoms with van der Waals surface area (Å²) in [4.78, 5) is 4.26. The number of hydrogen-bond donors (Lipinski definition) is 2. The van der Waals surface area contributed by atoms with Crippen molar-refractivity contribution in [2.45, 2.75) is 20.0 Å². The summed E-state index contributed by atoms with van der Waals surface area (Å²) in [5, 5.41) is 7.68. The smallest absolute Gasteiger partial charge is 0.191 e. The molecule has 0 saturated heterocycles. The molecule has 0 spiro atoms. The van der Waals surface area contributed by atoms with Crippen LogP contribution in [0.3, 0.4) is 0 Å². The van der Waals surface area contributed by atoms with Crippen LogP contribution in [0.15, 0.2) is 64.0 Å². The number of rotatable bonds is 6. The highest BCUT2D eigenvalue weighted by Crippen LogP contribution is 2.19. The van der Waals surface area contributed by atoms with Crippen LogP contribution in [0.1, 0.15) is 18.2 Å². The molecule has 0 atom stereocenters. The van der Waals surface area contributed by atoms with Gasteiger partial charge < -0.3 is 19.8 Å². The van der Waals surface area contributed by atoms with Crippen LogP contribution in [0, 0.1) is 0 Å². The monoisotopic (exact) mass is 465 g/mol. The van der Waals surface area contributed by atoms with Crippen LogP contribution < -0.4 is 15.4 Å². The van der Waals surface area contributed by atoms with E-state index in [1.807, 2.05) is 61.5 Å². The molecule has 0 aliphatic carbocycles. The SMILES string of the molecule is CCOc1ccccc1CNC(=NC)NCc1cc2ccccc2o1.I. The zero-order valence-electron chi connectivity index (χ0n) is 15.0. The third-order valence-corrected chi connectivity index (χ3v) is 3.85. The third-order valence-electron chi connectivity index (χ3n) is 3.85. The molecule has 0 fully saturated rings. The zero-order chi connectivity index (χ0) is 17.5. The van der Waals surface area contributed by atoms with Gasteiger partial charge in [-0.2, -0.15) is 0 Å². The Balaban J connectivity index is 0.00000243. The summed E-state index contributed by atoms with van der Waals surface area (Å²) >= 11 is 0. The number of nitrogens with zero attached hydrogens (tertiary/aromatic N) is 1. The molecule has 26 heavy (non-hydrogen) atoms. The van der Waals surface area contributed by atoms with Crippen LogP contribution in [-0.2, 0) is 13.1 Å². The first-order valence-corrected chi connectivity index (χ1v) is 8.43. The van der Waals surface area contributed by atoms with Crippen LogP contribution in [0.4, 0.5) is 0 Å². The fraction of sp³-hybridized carbons (Fsp3) is 0.250. The van der Waals surface area contributed by atoms with Gasteiger partial charge in [-0.25, -0.2) is 0 Å². The topological polar surface area (TPSA) is 58.8 Å². The maximum atomic E-state index is 5.81. The Kier molecular flexibility index (Phi) is 7.77. The molecule has 6 heteroatoms. The minimum atomic E-state index is 0. The van der Waals surface area contributed by atoms with Crippen LogP contribution in [0.25, 0.3) is 11.0 Å². The molecular weight excluding hydrogens is 441 g/mol. The van der Waals surface area contributed by atoms with Crippen LogP contribution in [-0.4, -0.2) is 19.6 Å². The van der Waals surface area contributed by atoms with Gasteiger partial charge in [-0.15, -0.1) is 24.0 Å². The second-order valence-corrected chi connectivity index (χ2v) is 5.57. The number of aliphatic imine (C=N–C) groups is 1. The van der Waals surface area contributed by atoms with Crippen molar-refractivity contribution in [1.82, 2.24) is 10.6 Å². The normalized spacial score (nSPS) is 11.1. The van der Waals surface area contributed by atoms with E-state index < -0.39 is 0 Å². The number of fused-ring (bicyclic) bond motifs is 1. The van der Waals surface area contributed by atoms with Crippen molar-refractivity contribution in [3.63, 3.8) is 0 Å². The van der Waals surface area contributed by atoms with Crippen LogP contribution in [0.5, 0.6) is 5.75 Å². The number of nitrogens with one attached hydrogen (secondary N) is 2. The highest BCUT2D eigenvalue weighted by Gasteiger charge is 2.06. The molecule has 2 aromatic carbocycles. The predicted molar refractivity (Wildman–Crippen MR) is 116 cm³/mol. The predicted octanol–water partition coefficient (Wildman–Crippen LogP) is 4.31. The van der Waals surface area contributed by atoms with Gasteiger partial charge in [-0.1, -0.05) is 36.4 Å². The van der Waals surface area contributed by atoms with E-state index in [-0.39, 0.29) is 24.0 Å². The minimum Gasteiger partial charge on any atom is -0.494 e. The summed E-state index contributed by atoms with van der Waals surface area (Å²) < 4.78 is 11.5. The summed E-state index contributed by atoms with van der Waals surface area (Å²) in [7, 11) is 1.75. The van der Waals surface area contributed by atoms with E-state index in [1.54, 1.807) is 7.05 Å². The molecule has 0 aliphatic heterocycles. The fourth-order valence-electron chi connectivity index (χ4n) is 2.64. The molecule has 138 valence electrons. The maximum Gasteiger partial charge on any atom is 0.191 e. The van der Waals surface area contributed by atoms with Crippen LogP contribution >= 0.6 is 24.0 Å². The molecule has 0 aliphatic rings. The lowest BCUT2D eigenvalue weighted by atomic mass is 10.2. The lowest BCUT2D eigenvalue weighted by molar-refractivity contribution is 0.336. The minimum absolute atomic E-state index is 0. The van der Waals surface area contributed by atoms with Crippen molar-refractivity contribution in [2.24, 2.45) is 4.99 Å². The molecule has 3 aromatic rings. The molecule has 0 unspecified atom stereocenters. The number of halogens is 1. The van der Waals surface area contributed by atoms with Gasteiger partial charge in [0.2, 0.25) is 0 Å². The fourth-order valence-corrected chi connectivity index (χ4v) is 2.64. The summed E-state index contributed by atoms with van der Waals surface area (Å²) in [6.45, 7) is 3.84. The quantitative estimate of drug-likeness (QED) is 0.324. The van der Waals surface area contributed by atoms with Gasteiger partial charge in [-0.05, 0) is 25.1 Å². The van der Waals surface area contributed by atoms with Crippen molar-refractivity contribution >= 4 is 40.9 Å². The molecule has 2 N–H and O–H groups in total. The molecule has 5 nitrogen and oxygen atoms in total. The van der Waals surface area contributed by atoms with Crippen molar-refractivity contribution in [3.05, 3.63) is 65.9 Å². The van der Waals surface area contributed by atoms with Gasteiger partial charge in [-0.3, -0.25) is 4.99 Å². The second-order valence-electron chi connectivity index (χ2n) is 5.57. The van der Waals surface area contributed by atoms with Gasteiger partial charge >= 0.3 is 0 Å². The van der Waals surface area contributed by atoms with Gasteiger partial charge in [0.15, 0.2) is 5.96 Å². The molecule has 0 radical (unpaired) electrons. The lowest BCUT2D eigenvalue weighted by Gasteiger charge is -2.13. The first kappa shape index (κ1) is 20.1. The van der Waals surface area contributed by atoms with Crippen molar-refractivity contribution in [3.8, 4) is 5.75 Å². The number of benzene rings is 2. The van der Waals surface area contributed by atoms with Crippen molar-refractivity contribution in [1.29, 1.82) is 0 Å². The summed E-state index contributed by atoms with van der Waals surface area (Å²) in [6, 6.07) is 18.0. The van der Waals surface area contributed by atoms with E-state index in [9.17, 15) is 0 Å². The Morgan fingerprint density at radius 2 is 1.77 bits per heavy atom. The van der Waals surface area contributed by atoms with E-state index in [2.05, 4.69) is 15.6 Å². The summed E-state index contributed by atoms with van der Waals surface area (Å²) in [6.07, 6.45) is 0. The number of ether oxygens (including phenoxy) is 1. The number of para-hydroxylation sites is 2. The molecule has 0 amide bonds. The van der Waals surface area contributed by atoms with E-state index in [4.69, 9.17) is 9.15 Å². The number of furan rings is 1. The number of hydrogen-bond acceptors (Lipinski definition) is 3. The van der Waals surface area contributed by atoms with Gasteiger partial charge in [0.1, 0.15) is 17.1 Å². The summed E-state index contributed by atoms with van der Waals surface area (Å²) in [5.41, 5.74) is 1.99. The standard InChI is InChI=1S/C20H23N3O2.HI/c1-3-24-18-10-6-5-9-16(18)13-22-20(21-2)23-14-17-12-15-8-4-7-11-19(15)25-17;/h4-12H,3,13-14H2,1-2H3,(H2,21,22,23);1H. The first-order valence-electron chi connectivity index (χ1n) is 8.43. The average Bonchev–Trinajstić information content (AvgIpc) is 3.06. The second kappa shape index (κ2) is 10.1. The van der Waals surface area contributed by atoms with Gasteiger partial charge in [0, 0.05) is 24.5 Å². The molecule has 0 saturated carbocycles. The van der Waals surface area contributed by atoms with Crippen molar-refractivity contribution < 1.29 is 9.15 Å².